The maximum atomic E-state index is 12.1. The van der Waals surface area contributed by atoms with Crippen molar-refractivity contribution in [1.82, 2.24) is 10.2 Å². The van der Waals surface area contributed by atoms with Crippen molar-refractivity contribution in [3.05, 3.63) is 27.7 Å². The van der Waals surface area contributed by atoms with Gasteiger partial charge in [0, 0.05) is 29.6 Å². The normalized spacial score (nSPS) is 23.6. The minimum absolute atomic E-state index is 0.0322. The molecule has 0 radical (unpaired) electrons. The summed E-state index contributed by atoms with van der Waals surface area (Å²) in [6.07, 6.45) is 0. The number of anilines is 1. The third kappa shape index (κ3) is 4.19. The Labute approximate surface area is 133 Å². The highest BCUT2D eigenvalue weighted by atomic mass is 79.9. The van der Waals surface area contributed by atoms with E-state index < -0.39 is 0 Å². The molecule has 6 heteroatoms. The number of hydrogen-bond acceptors (Lipinski definition) is 3. The van der Waals surface area contributed by atoms with Gasteiger partial charge in [-0.2, -0.15) is 0 Å². The summed E-state index contributed by atoms with van der Waals surface area (Å²) >= 11 is 9.44. The fraction of sp³-hybridized carbons (Fsp3) is 0.500. The van der Waals surface area contributed by atoms with Gasteiger partial charge < -0.3 is 10.6 Å². The van der Waals surface area contributed by atoms with Crippen molar-refractivity contribution in [2.75, 3.05) is 25.0 Å². The van der Waals surface area contributed by atoms with Gasteiger partial charge in [-0.15, -0.1) is 0 Å². The second-order valence-corrected chi connectivity index (χ2v) is 6.58. The van der Waals surface area contributed by atoms with E-state index in [-0.39, 0.29) is 5.91 Å². The highest BCUT2D eigenvalue weighted by Gasteiger charge is 2.24. The van der Waals surface area contributed by atoms with Gasteiger partial charge in [0.25, 0.3) is 0 Å². The number of piperazine rings is 1. The van der Waals surface area contributed by atoms with Crippen LogP contribution in [0.5, 0.6) is 0 Å². The molecule has 1 aromatic rings. The Bertz CT molecular complexity index is 497. The number of hydrogen-bond donors (Lipinski definition) is 2. The summed E-state index contributed by atoms with van der Waals surface area (Å²) in [6.45, 7) is 6.43. The van der Waals surface area contributed by atoms with Gasteiger partial charge >= 0.3 is 0 Å². The first-order valence-electron chi connectivity index (χ1n) is 6.68. The van der Waals surface area contributed by atoms with Crippen molar-refractivity contribution in [3.8, 4) is 0 Å². The first-order valence-corrected chi connectivity index (χ1v) is 7.85. The number of carbonyl (C=O) groups excluding carboxylic acids is 1. The van der Waals surface area contributed by atoms with Gasteiger partial charge in [-0.25, -0.2) is 0 Å². The Morgan fingerprint density at radius 2 is 2.30 bits per heavy atom. The van der Waals surface area contributed by atoms with E-state index in [1.807, 2.05) is 6.07 Å². The van der Waals surface area contributed by atoms with Crippen LogP contribution in [0.2, 0.25) is 5.02 Å². The Morgan fingerprint density at radius 3 is 3.00 bits per heavy atom. The Kier molecular flexibility index (Phi) is 5.43. The predicted octanol–water partition coefficient (Wildman–Crippen LogP) is 2.72. The molecule has 1 saturated heterocycles. The molecule has 2 rings (SSSR count). The summed E-state index contributed by atoms with van der Waals surface area (Å²) in [4.78, 5) is 14.3. The smallest absolute Gasteiger partial charge is 0.238 e. The lowest BCUT2D eigenvalue weighted by Gasteiger charge is -2.36. The summed E-state index contributed by atoms with van der Waals surface area (Å²) in [5, 5.41) is 6.80. The molecule has 0 spiro atoms. The lowest BCUT2D eigenvalue weighted by molar-refractivity contribution is -0.118. The summed E-state index contributed by atoms with van der Waals surface area (Å²) < 4.78 is 0.894. The molecule has 1 aliphatic heterocycles. The molecule has 0 bridgehead atoms. The number of nitrogens with zero attached hydrogens (tertiary/aromatic N) is 1. The minimum Gasteiger partial charge on any atom is -0.324 e. The highest BCUT2D eigenvalue weighted by molar-refractivity contribution is 9.10. The van der Waals surface area contributed by atoms with Crippen LogP contribution in [0.25, 0.3) is 0 Å². The van der Waals surface area contributed by atoms with Crippen molar-refractivity contribution in [1.29, 1.82) is 0 Å². The van der Waals surface area contributed by atoms with Crippen molar-refractivity contribution >= 4 is 39.1 Å². The molecule has 110 valence electrons. The van der Waals surface area contributed by atoms with Crippen LogP contribution in [0.3, 0.4) is 0 Å². The third-order valence-corrected chi connectivity index (χ3v) is 4.25. The molecule has 1 heterocycles. The van der Waals surface area contributed by atoms with E-state index in [1.165, 1.54) is 0 Å². The fourth-order valence-corrected chi connectivity index (χ4v) is 3.00. The van der Waals surface area contributed by atoms with Crippen molar-refractivity contribution in [2.45, 2.75) is 25.9 Å². The van der Waals surface area contributed by atoms with Gasteiger partial charge in [0.05, 0.1) is 17.3 Å². The average Bonchev–Trinajstić information content (AvgIpc) is 2.37. The van der Waals surface area contributed by atoms with Crippen molar-refractivity contribution in [3.63, 3.8) is 0 Å². The summed E-state index contributed by atoms with van der Waals surface area (Å²) in [6, 6.07) is 6.20. The minimum atomic E-state index is -0.0322. The highest BCUT2D eigenvalue weighted by Crippen LogP contribution is 2.25. The van der Waals surface area contributed by atoms with Crippen LogP contribution >= 0.6 is 27.5 Å². The molecule has 4 nitrogen and oxygen atoms in total. The van der Waals surface area contributed by atoms with Crippen LogP contribution < -0.4 is 10.6 Å². The van der Waals surface area contributed by atoms with E-state index in [0.29, 0.717) is 29.3 Å². The third-order valence-electron chi connectivity index (χ3n) is 3.45. The molecule has 0 aromatic heterocycles. The lowest BCUT2D eigenvalue weighted by atomic mass is 10.1. The zero-order valence-electron chi connectivity index (χ0n) is 11.6. The van der Waals surface area contributed by atoms with Crippen molar-refractivity contribution in [2.24, 2.45) is 0 Å². The second-order valence-electron chi connectivity index (χ2n) is 5.26. The van der Waals surface area contributed by atoms with Crippen LogP contribution in [0.15, 0.2) is 22.7 Å². The quantitative estimate of drug-likeness (QED) is 0.871. The Balaban J connectivity index is 1.94. The summed E-state index contributed by atoms with van der Waals surface area (Å²) in [5.74, 6) is -0.0322. The molecule has 2 unspecified atom stereocenters. The Hall–Kier alpha value is -0.620. The van der Waals surface area contributed by atoms with Crippen LogP contribution in [0.4, 0.5) is 5.69 Å². The summed E-state index contributed by atoms with van der Waals surface area (Å²) in [7, 11) is 0. The number of halogens is 2. The molecule has 2 atom stereocenters. The van der Waals surface area contributed by atoms with Crippen LogP contribution in [0.1, 0.15) is 13.8 Å². The monoisotopic (exact) mass is 359 g/mol. The Morgan fingerprint density at radius 1 is 1.55 bits per heavy atom. The van der Waals surface area contributed by atoms with Crippen LogP contribution in [-0.4, -0.2) is 42.5 Å². The standard InChI is InChI=1S/C14H19BrClN3O/c1-9-7-19(10(2)6-17-9)8-14(20)18-13-4-3-11(15)5-12(13)16/h3-5,9-10,17H,6-8H2,1-2H3,(H,18,20). The molecule has 0 saturated carbocycles. The first-order chi connectivity index (χ1) is 9.45. The SMILES string of the molecule is CC1CN(CC(=O)Nc2ccc(Br)cc2Cl)C(C)CN1. The van der Waals surface area contributed by atoms with Gasteiger partial charge in [-0.3, -0.25) is 9.69 Å². The number of benzene rings is 1. The molecular formula is C14H19BrClN3O. The molecule has 0 aliphatic carbocycles. The summed E-state index contributed by atoms with van der Waals surface area (Å²) in [5.41, 5.74) is 0.649. The van der Waals surface area contributed by atoms with Crippen LogP contribution in [-0.2, 0) is 4.79 Å². The van der Waals surface area contributed by atoms with Gasteiger partial charge in [-0.05, 0) is 32.0 Å². The van der Waals surface area contributed by atoms with Crippen LogP contribution in [0, 0.1) is 0 Å². The van der Waals surface area contributed by atoms with Gasteiger partial charge in [-0.1, -0.05) is 27.5 Å². The number of nitrogens with one attached hydrogen (secondary N) is 2. The second kappa shape index (κ2) is 6.89. The van der Waals surface area contributed by atoms with E-state index in [4.69, 9.17) is 11.6 Å². The van der Waals surface area contributed by atoms with Gasteiger partial charge in [0.2, 0.25) is 5.91 Å². The van der Waals surface area contributed by atoms with E-state index in [0.717, 1.165) is 17.6 Å². The number of amides is 1. The molecule has 1 aliphatic rings. The van der Waals surface area contributed by atoms with Crippen molar-refractivity contribution < 1.29 is 4.79 Å². The predicted molar refractivity (Wildman–Crippen MR) is 86.3 cm³/mol. The van der Waals surface area contributed by atoms with E-state index in [2.05, 4.69) is 45.3 Å². The van der Waals surface area contributed by atoms with Gasteiger partial charge in [0.15, 0.2) is 0 Å². The number of carbonyl (C=O) groups is 1. The topological polar surface area (TPSA) is 44.4 Å². The zero-order valence-corrected chi connectivity index (χ0v) is 14.0. The molecule has 1 fully saturated rings. The van der Waals surface area contributed by atoms with E-state index in [1.54, 1.807) is 12.1 Å². The van der Waals surface area contributed by atoms with E-state index >= 15 is 0 Å². The molecule has 20 heavy (non-hydrogen) atoms. The largest absolute Gasteiger partial charge is 0.324 e. The van der Waals surface area contributed by atoms with E-state index in [9.17, 15) is 4.79 Å². The zero-order chi connectivity index (χ0) is 14.7. The molecule has 1 amide bonds. The molecular weight excluding hydrogens is 342 g/mol. The fourth-order valence-electron chi connectivity index (χ4n) is 2.28. The first kappa shape index (κ1) is 15.8. The molecule has 1 aromatic carbocycles. The lowest BCUT2D eigenvalue weighted by Crippen LogP contribution is -2.55. The van der Waals surface area contributed by atoms with Gasteiger partial charge in [0.1, 0.15) is 0 Å². The maximum absolute atomic E-state index is 12.1. The average molecular weight is 361 g/mol. The maximum Gasteiger partial charge on any atom is 0.238 e. The molecule has 2 N–H and O–H groups in total. The number of rotatable bonds is 3.